The summed E-state index contributed by atoms with van der Waals surface area (Å²) in [5.41, 5.74) is 0. The summed E-state index contributed by atoms with van der Waals surface area (Å²) in [5.74, 6) is 0. The van der Waals surface area contributed by atoms with Crippen LogP contribution in [-0.2, 0) is 13.3 Å². The van der Waals surface area contributed by atoms with E-state index in [4.69, 9.17) is 0 Å². The molecule has 0 fully saturated rings. The molecule has 0 atom stereocenters. The second-order valence-corrected chi connectivity index (χ2v) is 5.16. The fourth-order valence-corrected chi connectivity index (χ4v) is 2.29. The molecule has 0 bridgehead atoms. The van der Waals surface area contributed by atoms with Crippen LogP contribution in [0.4, 0.5) is 30.7 Å². The van der Waals surface area contributed by atoms with Crippen molar-refractivity contribution < 1.29 is 44.0 Å². The summed E-state index contributed by atoms with van der Waals surface area (Å²) in [5, 5.41) is 0. The number of rotatable bonds is 5. The first-order valence-corrected chi connectivity index (χ1v) is 5.70. The molecule has 98 valence electrons. The van der Waals surface area contributed by atoms with Crippen molar-refractivity contribution in [1.29, 1.82) is 0 Å². The Morgan fingerprint density at radius 1 is 0.938 bits per heavy atom. The maximum absolute atomic E-state index is 11.8. The number of halogens is 7. The summed E-state index contributed by atoms with van der Waals surface area (Å²) < 4.78 is 92.5. The number of hydrogen-bond acceptors (Lipinski definition) is 3. The molecule has 0 saturated heterocycles. The monoisotopic (exact) mass is 276 g/mol. The van der Waals surface area contributed by atoms with Gasteiger partial charge in [0, 0.05) is 6.04 Å². The molecule has 0 saturated carbocycles. The third kappa shape index (κ3) is 6.25. The summed E-state index contributed by atoms with van der Waals surface area (Å²) in [6.45, 7) is -0.967. The highest BCUT2D eigenvalue weighted by Crippen LogP contribution is 2.32. The van der Waals surface area contributed by atoms with E-state index < -0.39 is 34.4 Å². The Morgan fingerprint density at radius 3 is 1.50 bits per heavy atom. The lowest BCUT2D eigenvalue weighted by atomic mass is 11.0. The Balaban J connectivity index is 4.85. The fraction of sp³-hybridized carbons (Fsp3) is 1.00. The Bertz CT molecular complexity index is 199. The molecule has 0 aromatic rings. The largest absolute Gasteiger partial charge is 0.516 e. The van der Waals surface area contributed by atoms with Crippen molar-refractivity contribution in [3.63, 3.8) is 0 Å². The normalized spacial score (nSPS) is 14.2. The lowest BCUT2D eigenvalue weighted by molar-refractivity contribution is -0.336. The Kier molecular flexibility index (Phi) is 5.16. The molecule has 11 heteroatoms. The summed E-state index contributed by atoms with van der Waals surface area (Å²) in [4.78, 5) is 0. The molecule has 0 aliphatic heterocycles. The molecule has 0 aliphatic carbocycles. The van der Waals surface area contributed by atoms with Crippen molar-refractivity contribution in [3.8, 4) is 0 Å². The first-order valence-electron chi connectivity index (χ1n) is 3.77. The third-order valence-electron chi connectivity index (χ3n) is 1.25. The van der Waals surface area contributed by atoms with E-state index in [1.54, 1.807) is 0 Å². The minimum Gasteiger partial charge on any atom is -0.344 e. The van der Waals surface area contributed by atoms with Gasteiger partial charge in [-0.25, -0.2) is 4.39 Å². The first-order chi connectivity index (χ1) is 7.04. The third-order valence-corrected chi connectivity index (χ3v) is 3.75. The van der Waals surface area contributed by atoms with Crippen molar-refractivity contribution in [3.05, 3.63) is 0 Å². The lowest BCUT2D eigenvalue weighted by Gasteiger charge is -2.28. The van der Waals surface area contributed by atoms with Crippen LogP contribution >= 0.6 is 0 Å². The van der Waals surface area contributed by atoms with Gasteiger partial charge in [0.2, 0.25) is 0 Å². The van der Waals surface area contributed by atoms with Crippen LogP contribution in [0.1, 0.15) is 6.92 Å². The zero-order valence-corrected chi connectivity index (χ0v) is 8.78. The second-order valence-electron chi connectivity index (χ2n) is 2.39. The molecule has 0 N–H and O–H groups in total. The maximum atomic E-state index is 11.8. The molecule has 0 heterocycles. The van der Waals surface area contributed by atoms with Crippen LogP contribution < -0.4 is 0 Å². The summed E-state index contributed by atoms with van der Waals surface area (Å²) in [6.07, 6.45) is -10.8. The van der Waals surface area contributed by atoms with Gasteiger partial charge in [-0.1, -0.05) is 6.92 Å². The SMILES string of the molecule is CC[Si](OCF)(OC(F)(F)F)OC(F)(F)F. The van der Waals surface area contributed by atoms with Crippen LogP contribution in [-0.4, -0.2) is 28.4 Å². The predicted octanol–water partition coefficient (Wildman–Crippen LogP) is 2.96. The van der Waals surface area contributed by atoms with Gasteiger partial charge < -0.3 is 4.43 Å². The standard InChI is InChI=1S/C5H7F7O3Si/c1-2-16(13-3-6,14-4(7,8)9)15-5(10,11)12/h2-3H2,1H3. The minimum absolute atomic E-state index is 0.879. The van der Waals surface area contributed by atoms with Crippen molar-refractivity contribution in [2.24, 2.45) is 0 Å². The van der Waals surface area contributed by atoms with Crippen molar-refractivity contribution in [1.82, 2.24) is 0 Å². The predicted molar refractivity (Wildman–Crippen MR) is 37.6 cm³/mol. The van der Waals surface area contributed by atoms with Crippen LogP contribution in [0, 0.1) is 0 Å². The van der Waals surface area contributed by atoms with Crippen molar-refractivity contribution in [2.45, 2.75) is 25.7 Å². The molecule has 3 nitrogen and oxygen atoms in total. The van der Waals surface area contributed by atoms with Gasteiger partial charge in [0.15, 0.2) is 6.86 Å². The second kappa shape index (κ2) is 5.29. The number of alkyl halides is 7. The summed E-state index contributed by atoms with van der Waals surface area (Å²) in [7, 11) is -5.17. The Hall–Kier alpha value is -0.393. The molecule has 0 aromatic heterocycles. The highest BCUT2D eigenvalue weighted by atomic mass is 28.4. The highest BCUT2D eigenvalue weighted by Gasteiger charge is 2.56. The van der Waals surface area contributed by atoms with Gasteiger partial charge in [-0.05, 0) is 0 Å². The van der Waals surface area contributed by atoms with Crippen molar-refractivity contribution in [2.75, 3.05) is 6.86 Å². The molecule has 16 heavy (non-hydrogen) atoms. The van der Waals surface area contributed by atoms with Gasteiger partial charge in [-0.3, -0.25) is 8.85 Å². The van der Waals surface area contributed by atoms with E-state index in [-0.39, 0.29) is 0 Å². The van der Waals surface area contributed by atoms with Crippen LogP contribution in [0.15, 0.2) is 0 Å². The average molecular weight is 276 g/mol. The van der Waals surface area contributed by atoms with E-state index in [0.717, 1.165) is 6.92 Å². The Labute approximate surface area is 86.4 Å². The highest BCUT2D eigenvalue weighted by molar-refractivity contribution is 6.60. The lowest BCUT2D eigenvalue weighted by Crippen LogP contribution is -2.51. The number of hydrogen-bond donors (Lipinski definition) is 0. The van der Waals surface area contributed by atoms with Crippen LogP contribution in [0.3, 0.4) is 0 Å². The van der Waals surface area contributed by atoms with Crippen LogP contribution in [0.5, 0.6) is 0 Å². The molecule has 0 amide bonds. The van der Waals surface area contributed by atoms with Gasteiger partial charge >= 0.3 is 21.5 Å². The van der Waals surface area contributed by atoms with E-state index in [2.05, 4.69) is 13.3 Å². The molecule has 0 aliphatic rings. The van der Waals surface area contributed by atoms with E-state index in [0.29, 0.717) is 0 Å². The maximum Gasteiger partial charge on any atom is 0.516 e. The molecule has 0 rings (SSSR count). The van der Waals surface area contributed by atoms with Gasteiger partial charge in [-0.15, -0.1) is 26.3 Å². The van der Waals surface area contributed by atoms with E-state index in [9.17, 15) is 30.7 Å². The minimum atomic E-state index is -5.40. The van der Waals surface area contributed by atoms with Gasteiger partial charge in [0.1, 0.15) is 0 Å². The van der Waals surface area contributed by atoms with E-state index >= 15 is 0 Å². The molecule has 0 unspecified atom stereocenters. The molecule has 0 aromatic carbocycles. The molecule has 0 spiro atoms. The zero-order valence-electron chi connectivity index (χ0n) is 7.78. The average Bonchev–Trinajstić information content (AvgIpc) is 1.98. The van der Waals surface area contributed by atoms with Crippen molar-refractivity contribution >= 4 is 8.80 Å². The van der Waals surface area contributed by atoms with E-state index in [1.165, 1.54) is 0 Å². The van der Waals surface area contributed by atoms with Crippen LogP contribution in [0.25, 0.3) is 0 Å². The topological polar surface area (TPSA) is 27.7 Å². The quantitative estimate of drug-likeness (QED) is 0.570. The van der Waals surface area contributed by atoms with Gasteiger partial charge in [-0.2, -0.15) is 0 Å². The first kappa shape index (κ1) is 15.6. The van der Waals surface area contributed by atoms with Gasteiger partial charge in [0.25, 0.3) is 0 Å². The summed E-state index contributed by atoms with van der Waals surface area (Å²) >= 11 is 0. The molecule has 0 radical (unpaired) electrons. The Morgan fingerprint density at radius 2 is 1.31 bits per heavy atom. The molecular formula is C5H7F7O3Si. The fourth-order valence-electron chi connectivity index (χ4n) is 0.762. The zero-order chi connectivity index (χ0) is 13.0. The smallest absolute Gasteiger partial charge is 0.344 e. The summed E-state index contributed by atoms with van der Waals surface area (Å²) in [6, 6.07) is -0.879. The molecular weight excluding hydrogens is 269 g/mol. The van der Waals surface area contributed by atoms with Crippen LogP contribution in [0.2, 0.25) is 6.04 Å². The van der Waals surface area contributed by atoms with Gasteiger partial charge in [0.05, 0.1) is 0 Å². The van der Waals surface area contributed by atoms with E-state index in [1.807, 2.05) is 0 Å².